The number of fused-ring (bicyclic) bond motifs is 1. The van der Waals surface area contributed by atoms with Gasteiger partial charge in [0.2, 0.25) is 0 Å². The molecule has 4 heteroatoms. The van der Waals surface area contributed by atoms with Gasteiger partial charge in [-0.15, -0.1) is 0 Å². The van der Waals surface area contributed by atoms with E-state index in [1.807, 2.05) is 6.92 Å². The van der Waals surface area contributed by atoms with E-state index in [0.717, 1.165) is 32.0 Å². The fourth-order valence-electron chi connectivity index (χ4n) is 2.48. The fraction of sp³-hybridized carbons (Fsp3) is 0.429. The predicted octanol–water partition coefficient (Wildman–Crippen LogP) is 2.50. The average Bonchev–Trinajstić information content (AvgIpc) is 2.39. The highest BCUT2D eigenvalue weighted by Crippen LogP contribution is 2.35. The quantitative estimate of drug-likeness (QED) is 0.825. The Balaban J connectivity index is 1.90. The standard InChI is InChI=1S/C14H18N2O2/c1-10-13-9-12(16-5-7-17-8-6-16)3-4-14(13)15-11(2)18-10/h3-4,9-10,15H,2,5-8H2,1H3. The van der Waals surface area contributed by atoms with E-state index in [1.54, 1.807) is 0 Å². The van der Waals surface area contributed by atoms with E-state index in [1.165, 1.54) is 11.3 Å². The summed E-state index contributed by atoms with van der Waals surface area (Å²) in [4.78, 5) is 2.35. The van der Waals surface area contributed by atoms with Gasteiger partial charge in [-0.3, -0.25) is 0 Å². The van der Waals surface area contributed by atoms with E-state index in [2.05, 4.69) is 35.0 Å². The number of hydrogen-bond acceptors (Lipinski definition) is 4. The molecule has 2 heterocycles. The molecule has 2 aliphatic heterocycles. The van der Waals surface area contributed by atoms with E-state index >= 15 is 0 Å². The Morgan fingerprint density at radius 1 is 1.33 bits per heavy atom. The maximum absolute atomic E-state index is 5.61. The minimum Gasteiger partial charge on any atom is -0.472 e. The molecule has 1 aromatic carbocycles. The van der Waals surface area contributed by atoms with Crippen LogP contribution in [-0.4, -0.2) is 26.3 Å². The molecule has 0 amide bonds. The topological polar surface area (TPSA) is 33.7 Å². The molecule has 0 bridgehead atoms. The molecule has 0 aromatic heterocycles. The van der Waals surface area contributed by atoms with Crippen molar-refractivity contribution in [1.82, 2.24) is 0 Å². The molecule has 0 radical (unpaired) electrons. The molecule has 2 aliphatic rings. The van der Waals surface area contributed by atoms with Gasteiger partial charge in [-0.2, -0.15) is 0 Å². The monoisotopic (exact) mass is 246 g/mol. The number of ether oxygens (including phenoxy) is 2. The first kappa shape index (κ1) is 11.4. The Kier molecular flexibility index (Phi) is 2.88. The van der Waals surface area contributed by atoms with Crippen LogP contribution in [0.2, 0.25) is 0 Å². The van der Waals surface area contributed by atoms with Crippen molar-refractivity contribution in [2.75, 3.05) is 36.5 Å². The smallest absolute Gasteiger partial charge is 0.184 e. The summed E-state index contributed by atoms with van der Waals surface area (Å²) in [7, 11) is 0. The Morgan fingerprint density at radius 3 is 2.89 bits per heavy atom. The van der Waals surface area contributed by atoms with E-state index < -0.39 is 0 Å². The van der Waals surface area contributed by atoms with Gasteiger partial charge in [-0.1, -0.05) is 0 Å². The fourth-order valence-corrected chi connectivity index (χ4v) is 2.48. The van der Waals surface area contributed by atoms with Crippen molar-refractivity contribution >= 4 is 11.4 Å². The first-order valence-electron chi connectivity index (χ1n) is 6.33. The van der Waals surface area contributed by atoms with Crippen LogP contribution in [0.3, 0.4) is 0 Å². The molecular weight excluding hydrogens is 228 g/mol. The van der Waals surface area contributed by atoms with Crippen LogP contribution in [0.4, 0.5) is 11.4 Å². The maximum atomic E-state index is 5.61. The second-order valence-electron chi connectivity index (χ2n) is 4.68. The minimum absolute atomic E-state index is 0.0507. The molecule has 1 N–H and O–H groups in total. The van der Waals surface area contributed by atoms with Gasteiger partial charge in [-0.25, -0.2) is 0 Å². The number of rotatable bonds is 1. The lowest BCUT2D eigenvalue weighted by Gasteiger charge is -2.32. The first-order chi connectivity index (χ1) is 8.74. The van der Waals surface area contributed by atoms with E-state index in [4.69, 9.17) is 9.47 Å². The van der Waals surface area contributed by atoms with Crippen molar-refractivity contribution in [3.8, 4) is 0 Å². The number of anilines is 2. The highest BCUT2D eigenvalue weighted by molar-refractivity contribution is 5.64. The molecule has 3 rings (SSSR count). The average molecular weight is 246 g/mol. The number of nitrogens with zero attached hydrogens (tertiary/aromatic N) is 1. The SMILES string of the molecule is C=C1Nc2ccc(N3CCOCC3)cc2C(C)O1. The summed E-state index contributed by atoms with van der Waals surface area (Å²) < 4.78 is 11.0. The minimum atomic E-state index is 0.0507. The third-order valence-corrected chi connectivity index (χ3v) is 3.44. The Morgan fingerprint density at radius 2 is 2.11 bits per heavy atom. The summed E-state index contributed by atoms with van der Waals surface area (Å²) in [5.74, 6) is 0.620. The zero-order valence-electron chi connectivity index (χ0n) is 10.6. The molecule has 4 nitrogen and oxygen atoms in total. The zero-order valence-corrected chi connectivity index (χ0v) is 10.6. The van der Waals surface area contributed by atoms with Crippen LogP contribution in [-0.2, 0) is 9.47 Å². The summed E-state index contributed by atoms with van der Waals surface area (Å²) in [6, 6.07) is 6.44. The highest BCUT2D eigenvalue weighted by atomic mass is 16.5. The van der Waals surface area contributed by atoms with Crippen LogP contribution in [0.5, 0.6) is 0 Å². The van der Waals surface area contributed by atoms with Gasteiger partial charge in [0, 0.05) is 30.0 Å². The molecule has 18 heavy (non-hydrogen) atoms. The van der Waals surface area contributed by atoms with Crippen molar-refractivity contribution in [2.45, 2.75) is 13.0 Å². The summed E-state index contributed by atoms with van der Waals surface area (Å²) in [6.45, 7) is 9.38. The second kappa shape index (κ2) is 4.53. The van der Waals surface area contributed by atoms with Gasteiger partial charge in [0.1, 0.15) is 6.10 Å². The summed E-state index contributed by atoms with van der Waals surface area (Å²) in [6.07, 6.45) is 0.0507. The lowest BCUT2D eigenvalue weighted by atomic mass is 10.0. The summed E-state index contributed by atoms with van der Waals surface area (Å²) >= 11 is 0. The Labute approximate surface area is 107 Å². The third-order valence-electron chi connectivity index (χ3n) is 3.44. The number of hydrogen-bond donors (Lipinski definition) is 1. The van der Waals surface area contributed by atoms with Crippen LogP contribution in [0, 0.1) is 0 Å². The third kappa shape index (κ3) is 2.04. The molecule has 0 saturated carbocycles. The molecule has 0 spiro atoms. The molecule has 96 valence electrons. The van der Waals surface area contributed by atoms with Gasteiger partial charge >= 0.3 is 0 Å². The normalized spacial score (nSPS) is 23.1. The summed E-state index contributed by atoms with van der Waals surface area (Å²) in [5, 5.41) is 3.16. The number of nitrogens with one attached hydrogen (secondary N) is 1. The maximum Gasteiger partial charge on any atom is 0.184 e. The van der Waals surface area contributed by atoms with Crippen molar-refractivity contribution in [3.63, 3.8) is 0 Å². The molecule has 1 aromatic rings. The van der Waals surface area contributed by atoms with Crippen LogP contribution in [0.1, 0.15) is 18.6 Å². The van der Waals surface area contributed by atoms with Crippen LogP contribution < -0.4 is 10.2 Å². The lowest BCUT2D eigenvalue weighted by Crippen LogP contribution is -2.36. The molecule has 1 atom stereocenters. The van der Waals surface area contributed by atoms with Gasteiger partial charge in [0.25, 0.3) is 0 Å². The molecule has 1 saturated heterocycles. The second-order valence-corrected chi connectivity index (χ2v) is 4.68. The van der Waals surface area contributed by atoms with E-state index in [9.17, 15) is 0 Å². The highest BCUT2D eigenvalue weighted by Gasteiger charge is 2.21. The van der Waals surface area contributed by atoms with Crippen molar-refractivity contribution in [1.29, 1.82) is 0 Å². The van der Waals surface area contributed by atoms with Gasteiger partial charge in [0.05, 0.1) is 13.2 Å². The number of morpholine rings is 1. The van der Waals surface area contributed by atoms with Crippen LogP contribution >= 0.6 is 0 Å². The zero-order chi connectivity index (χ0) is 12.5. The van der Waals surface area contributed by atoms with Crippen LogP contribution in [0.25, 0.3) is 0 Å². The number of benzene rings is 1. The molecule has 1 fully saturated rings. The van der Waals surface area contributed by atoms with Crippen molar-refractivity contribution < 1.29 is 9.47 Å². The largest absolute Gasteiger partial charge is 0.472 e. The van der Waals surface area contributed by atoms with Crippen molar-refractivity contribution in [3.05, 3.63) is 36.2 Å². The van der Waals surface area contributed by atoms with Gasteiger partial charge < -0.3 is 19.7 Å². The van der Waals surface area contributed by atoms with Gasteiger partial charge in [-0.05, 0) is 31.7 Å². The predicted molar refractivity (Wildman–Crippen MR) is 71.7 cm³/mol. The molecular formula is C14H18N2O2. The summed E-state index contributed by atoms with van der Waals surface area (Å²) in [5.41, 5.74) is 3.52. The van der Waals surface area contributed by atoms with Crippen LogP contribution in [0.15, 0.2) is 30.7 Å². The Hall–Kier alpha value is -1.68. The molecule has 1 unspecified atom stereocenters. The first-order valence-corrected chi connectivity index (χ1v) is 6.33. The van der Waals surface area contributed by atoms with E-state index in [-0.39, 0.29) is 6.10 Å². The lowest BCUT2D eigenvalue weighted by molar-refractivity contribution is 0.122. The van der Waals surface area contributed by atoms with E-state index in [0.29, 0.717) is 5.88 Å². The van der Waals surface area contributed by atoms with Gasteiger partial charge in [0.15, 0.2) is 5.88 Å². The molecule has 0 aliphatic carbocycles. The Bertz CT molecular complexity index is 467. The van der Waals surface area contributed by atoms with Crippen molar-refractivity contribution in [2.24, 2.45) is 0 Å².